The van der Waals surface area contributed by atoms with Crippen LogP contribution in [0.3, 0.4) is 0 Å². The maximum atomic E-state index is 11.6. The van der Waals surface area contributed by atoms with Gasteiger partial charge in [0.1, 0.15) is 6.61 Å². The summed E-state index contributed by atoms with van der Waals surface area (Å²) >= 11 is 5.84. The number of hydrogen-bond donors (Lipinski definition) is 1. The zero-order valence-corrected chi connectivity index (χ0v) is 10.7. The molecule has 0 bridgehead atoms. The van der Waals surface area contributed by atoms with Gasteiger partial charge in [0.25, 0.3) is 0 Å². The average molecular weight is 279 g/mol. The van der Waals surface area contributed by atoms with Crippen LogP contribution in [-0.4, -0.2) is 16.9 Å². The average Bonchev–Trinajstić information content (AvgIpc) is 2.37. The third kappa shape index (κ3) is 3.45. The molecule has 0 spiro atoms. The summed E-state index contributed by atoms with van der Waals surface area (Å²) in [4.78, 5) is 22.4. The lowest BCUT2D eigenvalue weighted by Gasteiger charge is -2.12. The smallest absolute Gasteiger partial charge is 0.332 e. The summed E-state index contributed by atoms with van der Waals surface area (Å²) in [7, 11) is 0. The summed E-state index contributed by atoms with van der Waals surface area (Å²) in [5, 5.41) is 9.37. The minimum Gasteiger partial charge on any atom is -0.485 e. The molecule has 4 nitrogen and oxygen atoms in total. The monoisotopic (exact) mass is 278 g/mol. The van der Waals surface area contributed by atoms with Gasteiger partial charge in [-0.1, -0.05) is 23.7 Å². The molecule has 0 saturated carbocycles. The number of halogens is 1. The molecule has 19 heavy (non-hydrogen) atoms. The van der Waals surface area contributed by atoms with E-state index in [0.717, 1.165) is 11.6 Å². The number of carbonyl (C=O) groups is 2. The van der Waals surface area contributed by atoms with Gasteiger partial charge in [-0.2, -0.15) is 0 Å². The molecule has 0 aliphatic heterocycles. The van der Waals surface area contributed by atoms with Crippen molar-refractivity contribution in [1.82, 2.24) is 0 Å². The second-order valence-electron chi connectivity index (χ2n) is 4.03. The van der Waals surface area contributed by atoms with Crippen LogP contribution in [0.25, 0.3) is 0 Å². The van der Waals surface area contributed by atoms with E-state index in [1.807, 2.05) is 6.07 Å². The Labute approximate surface area is 114 Å². The highest BCUT2D eigenvalue weighted by Gasteiger charge is 2.18. The van der Waals surface area contributed by atoms with E-state index in [1.165, 1.54) is 6.08 Å². The maximum absolute atomic E-state index is 11.6. The van der Waals surface area contributed by atoms with Crippen molar-refractivity contribution in [3.8, 4) is 0 Å². The zero-order valence-electron chi connectivity index (χ0n) is 9.93. The predicted octanol–water partition coefficient (Wildman–Crippen LogP) is 2.72. The van der Waals surface area contributed by atoms with Crippen molar-refractivity contribution in [1.29, 1.82) is 0 Å². The van der Waals surface area contributed by atoms with Crippen molar-refractivity contribution in [2.45, 2.75) is 13.0 Å². The van der Waals surface area contributed by atoms with Crippen molar-refractivity contribution >= 4 is 23.4 Å². The zero-order chi connectivity index (χ0) is 13.8. The van der Waals surface area contributed by atoms with Crippen LogP contribution in [0.5, 0.6) is 0 Å². The maximum Gasteiger partial charge on any atom is 0.332 e. The minimum absolute atomic E-state index is 0.0695. The van der Waals surface area contributed by atoms with E-state index in [0.29, 0.717) is 5.02 Å². The first kappa shape index (κ1) is 13.4. The number of carboxylic acids is 1. The molecule has 0 unspecified atom stereocenters. The third-order valence-corrected chi connectivity index (χ3v) is 2.85. The molecule has 0 fully saturated rings. The third-order valence-electron chi connectivity index (χ3n) is 2.61. The van der Waals surface area contributed by atoms with Crippen molar-refractivity contribution in [2.75, 3.05) is 0 Å². The Morgan fingerprint density at radius 1 is 1.42 bits per heavy atom. The van der Waals surface area contributed by atoms with E-state index >= 15 is 0 Å². The molecular weight excluding hydrogens is 268 g/mol. The normalized spacial score (nSPS) is 14.7. The number of aliphatic carboxylic acids is 1. The number of ketones is 1. The summed E-state index contributed by atoms with van der Waals surface area (Å²) in [5.41, 5.74) is 0.911. The summed E-state index contributed by atoms with van der Waals surface area (Å²) in [5.74, 6) is -1.34. The van der Waals surface area contributed by atoms with Gasteiger partial charge in [0.15, 0.2) is 5.76 Å². The van der Waals surface area contributed by atoms with E-state index in [2.05, 4.69) is 0 Å². The molecule has 1 N–H and O–H groups in total. The molecule has 0 heterocycles. The first-order valence-electron chi connectivity index (χ1n) is 5.62. The topological polar surface area (TPSA) is 63.6 Å². The van der Waals surface area contributed by atoms with Crippen LogP contribution < -0.4 is 0 Å². The Kier molecular flexibility index (Phi) is 4.02. The van der Waals surface area contributed by atoms with Crippen molar-refractivity contribution < 1.29 is 19.4 Å². The van der Waals surface area contributed by atoms with Crippen LogP contribution in [0, 0.1) is 0 Å². The van der Waals surface area contributed by atoms with Gasteiger partial charge in [-0.3, -0.25) is 4.79 Å². The lowest BCUT2D eigenvalue weighted by molar-refractivity contribution is -0.133. The number of hydrogen-bond acceptors (Lipinski definition) is 3. The van der Waals surface area contributed by atoms with Crippen LogP contribution in [0.4, 0.5) is 0 Å². The highest BCUT2D eigenvalue weighted by Crippen LogP contribution is 2.18. The van der Waals surface area contributed by atoms with Crippen molar-refractivity contribution in [2.24, 2.45) is 0 Å². The second-order valence-corrected chi connectivity index (χ2v) is 4.47. The molecule has 98 valence electrons. The molecule has 0 aromatic heterocycles. The van der Waals surface area contributed by atoms with E-state index < -0.39 is 11.8 Å². The summed E-state index contributed by atoms with van der Waals surface area (Å²) in [6.07, 6.45) is 2.76. The minimum atomic E-state index is -1.08. The molecule has 1 aromatic rings. The van der Waals surface area contributed by atoms with Crippen LogP contribution in [0.15, 0.2) is 47.7 Å². The number of rotatable bonds is 4. The fourth-order valence-corrected chi connectivity index (χ4v) is 1.87. The van der Waals surface area contributed by atoms with E-state index in [1.54, 1.807) is 18.2 Å². The predicted molar refractivity (Wildman–Crippen MR) is 69.7 cm³/mol. The molecule has 0 atom stereocenters. The van der Waals surface area contributed by atoms with Crippen LogP contribution in [-0.2, 0) is 20.9 Å². The van der Waals surface area contributed by atoms with Crippen LogP contribution in [0.2, 0.25) is 5.02 Å². The first-order chi connectivity index (χ1) is 9.06. The summed E-state index contributed by atoms with van der Waals surface area (Å²) < 4.78 is 5.38. The molecule has 2 rings (SSSR count). The molecule has 0 radical (unpaired) electrons. The summed E-state index contributed by atoms with van der Waals surface area (Å²) in [6.45, 7) is 0.217. The van der Waals surface area contributed by atoms with Crippen molar-refractivity contribution in [3.05, 3.63) is 58.3 Å². The largest absolute Gasteiger partial charge is 0.485 e. The fraction of sp³-hybridized carbons (Fsp3) is 0.143. The van der Waals surface area contributed by atoms with Gasteiger partial charge in [-0.15, -0.1) is 0 Å². The molecular formula is C14H11ClO4. The van der Waals surface area contributed by atoms with Gasteiger partial charge < -0.3 is 9.84 Å². The molecule has 1 aliphatic carbocycles. The Bertz CT molecular complexity index is 587. The van der Waals surface area contributed by atoms with Gasteiger partial charge in [0, 0.05) is 23.1 Å². The van der Waals surface area contributed by atoms with Gasteiger partial charge >= 0.3 is 5.97 Å². The number of ether oxygens (including phenoxy) is 1. The first-order valence-corrected chi connectivity index (χ1v) is 5.99. The Morgan fingerprint density at radius 2 is 2.21 bits per heavy atom. The quantitative estimate of drug-likeness (QED) is 0.920. The van der Waals surface area contributed by atoms with Gasteiger partial charge in [0.05, 0.1) is 0 Å². The van der Waals surface area contributed by atoms with Gasteiger partial charge in [-0.25, -0.2) is 4.79 Å². The number of allylic oxidation sites excluding steroid dienone is 2. The standard InChI is InChI=1S/C14H11ClO4/c15-11-3-1-2-9(6-11)8-19-13-5-4-10(14(17)18)7-12(13)16/h1-3,5-7H,4,8H2,(H,17,18). The summed E-state index contributed by atoms with van der Waals surface area (Å²) in [6, 6.07) is 7.12. The lowest BCUT2D eigenvalue weighted by Crippen LogP contribution is -2.12. The fourth-order valence-electron chi connectivity index (χ4n) is 1.66. The van der Waals surface area contributed by atoms with E-state index in [9.17, 15) is 9.59 Å². The van der Waals surface area contributed by atoms with Crippen LogP contribution in [0.1, 0.15) is 12.0 Å². The Hall–Kier alpha value is -2.07. The molecule has 1 aliphatic rings. The second kappa shape index (κ2) is 5.71. The Morgan fingerprint density at radius 3 is 2.84 bits per heavy atom. The number of carbonyl (C=O) groups excluding carboxylic acids is 1. The molecule has 0 saturated heterocycles. The van der Waals surface area contributed by atoms with Crippen LogP contribution >= 0.6 is 11.6 Å². The lowest BCUT2D eigenvalue weighted by atomic mass is 10.0. The Balaban J connectivity index is 1.98. The van der Waals surface area contributed by atoms with Gasteiger partial charge in [0.2, 0.25) is 5.78 Å². The highest BCUT2D eigenvalue weighted by molar-refractivity contribution is 6.30. The SMILES string of the molecule is O=C(O)C1=CC(=O)C(OCc2cccc(Cl)c2)=CC1. The number of carboxylic acid groups (broad SMARTS) is 1. The molecule has 0 amide bonds. The van der Waals surface area contributed by atoms with Gasteiger partial charge in [-0.05, 0) is 23.8 Å². The molecule has 5 heteroatoms. The number of benzene rings is 1. The highest BCUT2D eigenvalue weighted by atomic mass is 35.5. The van der Waals surface area contributed by atoms with Crippen molar-refractivity contribution in [3.63, 3.8) is 0 Å². The van der Waals surface area contributed by atoms with E-state index in [-0.39, 0.29) is 24.4 Å². The molecule has 1 aromatic carbocycles. The van der Waals surface area contributed by atoms with E-state index in [4.69, 9.17) is 21.4 Å².